The van der Waals surface area contributed by atoms with Crippen LogP contribution in [-0.4, -0.2) is 41.5 Å². The number of benzene rings is 2. The highest BCUT2D eigenvalue weighted by atomic mass is 32.2. The topological polar surface area (TPSA) is 80.3 Å². The molecule has 1 heterocycles. The number of fused-ring (bicyclic) bond motifs is 1. The lowest BCUT2D eigenvalue weighted by Gasteiger charge is -2.17. The van der Waals surface area contributed by atoms with Crippen LogP contribution in [0.2, 0.25) is 0 Å². The van der Waals surface area contributed by atoms with Gasteiger partial charge in [-0.05, 0) is 42.7 Å². The minimum atomic E-state index is -0.647. The maximum atomic E-state index is 12.7. The third-order valence-corrected chi connectivity index (χ3v) is 5.50. The molecule has 0 spiro atoms. The standard InChI is InChI=1S/C20H21N3O3S2/c1-27-12-11-16(21-18(24)13-26-14-7-3-2-4-8-14)19(25)23-20-22-15-9-5-6-10-17(15)28-20/h2-10,16H,11-13H2,1H3,(H,21,24)(H,22,23,25)/t16-/m0/s1. The van der Waals surface area contributed by atoms with Crippen LogP contribution in [0.1, 0.15) is 6.42 Å². The first-order chi connectivity index (χ1) is 13.7. The maximum Gasteiger partial charge on any atom is 0.258 e. The highest BCUT2D eigenvalue weighted by Crippen LogP contribution is 2.25. The monoisotopic (exact) mass is 415 g/mol. The second-order valence-electron chi connectivity index (χ2n) is 5.98. The van der Waals surface area contributed by atoms with Gasteiger partial charge in [0.2, 0.25) is 5.91 Å². The molecule has 146 valence electrons. The van der Waals surface area contributed by atoms with Crippen LogP contribution in [0.15, 0.2) is 54.6 Å². The van der Waals surface area contributed by atoms with Crippen LogP contribution in [0.5, 0.6) is 5.75 Å². The van der Waals surface area contributed by atoms with Gasteiger partial charge in [-0.1, -0.05) is 41.7 Å². The van der Waals surface area contributed by atoms with Gasteiger partial charge in [-0.25, -0.2) is 4.98 Å². The number of rotatable bonds is 9. The molecule has 0 unspecified atom stereocenters. The normalized spacial score (nSPS) is 11.8. The number of aromatic nitrogens is 1. The fourth-order valence-electron chi connectivity index (χ4n) is 2.52. The minimum absolute atomic E-state index is 0.145. The lowest BCUT2D eigenvalue weighted by atomic mass is 10.2. The zero-order valence-electron chi connectivity index (χ0n) is 15.4. The van der Waals surface area contributed by atoms with Crippen LogP contribution in [0, 0.1) is 0 Å². The van der Waals surface area contributed by atoms with Gasteiger partial charge in [0.05, 0.1) is 10.2 Å². The molecule has 0 saturated carbocycles. The molecule has 0 saturated heterocycles. The van der Waals surface area contributed by atoms with Crippen molar-refractivity contribution < 1.29 is 14.3 Å². The number of nitrogens with one attached hydrogen (secondary N) is 2. The molecular weight excluding hydrogens is 394 g/mol. The molecule has 0 aliphatic carbocycles. The molecule has 2 N–H and O–H groups in total. The first kappa shape index (κ1) is 20.2. The van der Waals surface area contributed by atoms with Crippen LogP contribution in [0.4, 0.5) is 5.13 Å². The third kappa shape index (κ3) is 5.71. The van der Waals surface area contributed by atoms with Crippen LogP contribution in [0.3, 0.4) is 0 Å². The number of thioether (sulfide) groups is 1. The van der Waals surface area contributed by atoms with Crippen molar-refractivity contribution in [2.75, 3.05) is 23.9 Å². The fraction of sp³-hybridized carbons (Fsp3) is 0.250. The van der Waals surface area contributed by atoms with E-state index in [0.717, 1.165) is 16.0 Å². The largest absolute Gasteiger partial charge is 0.484 e. The minimum Gasteiger partial charge on any atom is -0.484 e. The molecule has 3 aromatic rings. The van der Waals surface area contributed by atoms with Crippen molar-refractivity contribution in [1.29, 1.82) is 0 Å². The number of hydrogen-bond donors (Lipinski definition) is 2. The average molecular weight is 416 g/mol. The Labute approximate surface area is 171 Å². The van der Waals surface area contributed by atoms with Gasteiger partial charge in [-0.15, -0.1) is 0 Å². The van der Waals surface area contributed by atoms with Gasteiger partial charge in [0.15, 0.2) is 11.7 Å². The highest BCUT2D eigenvalue weighted by Gasteiger charge is 2.22. The summed E-state index contributed by atoms with van der Waals surface area (Å²) in [6.45, 7) is -0.145. The van der Waals surface area contributed by atoms with E-state index in [1.807, 2.05) is 48.7 Å². The summed E-state index contributed by atoms with van der Waals surface area (Å²) in [5.74, 6) is 0.741. The predicted octanol–water partition coefficient (Wildman–Crippen LogP) is 3.55. The molecule has 3 rings (SSSR count). The molecule has 6 nitrogen and oxygen atoms in total. The number of para-hydroxylation sites is 2. The molecule has 1 atom stereocenters. The van der Waals surface area contributed by atoms with Gasteiger partial charge < -0.3 is 15.4 Å². The molecule has 28 heavy (non-hydrogen) atoms. The van der Waals surface area contributed by atoms with E-state index in [-0.39, 0.29) is 18.4 Å². The number of hydrogen-bond acceptors (Lipinski definition) is 6. The van der Waals surface area contributed by atoms with E-state index >= 15 is 0 Å². The highest BCUT2D eigenvalue weighted by molar-refractivity contribution is 7.98. The summed E-state index contributed by atoms with van der Waals surface area (Å²) < 4.78 is 6.45. The Bertz CT molecular complexity index is 898. The summed E-state index contributed by atoms with van der Waals surface area (Å²) in [6, 6.07) is 16.1. The van der Waals surface area contributed by atoms with Crippen molar-refractivity contribution in [3.05, 3.63) is 54.6 Å². The number of ether oxygens (including phenoxy) is 1. The van der Waals surface area contributed by atoms with E-state index in [4.69, 9.17) is 4.74 Å². The number of carbonyl (C=O) groups excluding carboxylic acids is 2. The molecule has 0 aliphatic heterocycles. The molecule has 0 bridgehead atoms. The van der Waals surface area contributed by atoms with Crippen molar-refractivity contribution in [3.63, 3.8) is 0 Å². The number of carbonyl (C=O) groups is 2. The summed E-state index contributed by atoms with van der Waals surface area (Å²) in [5.41, 5.74) is 0.837. The second kappa shape index (κ2) is 10.1. The maximum absolute atomic E-state index is 12.7. The van der Waals surface area contributed by atoms with E-state index in [2.05, 4.69) is 15.6 Å². The zero-order valence-corrected chi connectivity index (χ0v) is 17.0. The van der Waals surface area contributed by atoms with Gasteiger partial charge in [0, 0.05) is 0 Å². The smallest absolute Gasteiger partial charge is 0.258 e. The zero-order chi connectivity index (χ0) is 19.8. The van der Waals surface area contributed by atoms with Gasteiger partial charge >= 0.3 is 0 Å². The number of nitrogens with zero attached hydrogens (tertiary/aromatic N) is 1. The Morgan fingerprint density at radius 1 is 1.14 bits per heavy atom. The van der Waals surface area contributed by atoms with E-state index in [1.165, 1.54) is 11.3 Å². The van der Waals surface area contributed by atoms with E-state index < -0.39 is 6.04 Å². The SMILES string of the molecule is CSCC[C@H](NC(=O)COc1ccccc1)C(=O)Nc1nc2ccccc2s1. The second-order valence-corrected chi connectivity index (χ2v) is 8.00. The van der Waals surface area contributed by atoms with Gasteiger partial charge in [0.1, 0.15) is 11.8 Å². The van der Waals surface area contributed by atoms with E-state index in [9.17, 15) is 9.59 Å². The molecule has 1 aromatic heterocycles. The van der Waals surface area contributed by atoms with Crippen LogP contribution in [-0.2, 0) is 9.59 Å². The molecule has 8 heteroatoms. The Hall–Kier alpha value is -2.58. The van der Waals surface area contributed by atoms with Gasteiger partial charge in [-0.2, -0.15) is 11.8 Å². The van der Waals surface area contributed by atoms with Crippen molar-refractivity contribution in [2.24, 2.45) is 0 Å². The molecule has 0 radical (unpaired) electrons. The Kier molecular flexibility index (Phi) is 7.27. The average Bonchev–Trinajstić information content (AvgIpc) is 3.12. The van der Waals surface area contributed by atoms with Crippen LogP contribution < -0.4 is 15.4 Å². The third-order valence-electron chi connectivity index (χ3n) is 3.90. The van der Waals surface area contributed by atoms with Crippen LogP contribution in [0.25, 0.3) is 10.2 Å². The van der Waals surface area contributed by atoms with E-state index in [0.29, 0.717) is 17.3 Å². The summed E-state index contributed by atoms with van der Waals surface area (Å²) >= 11 is 3.03. The van der Waals surface area contributed by atoms with Crippen molar-refractivity contribution in [1.82, 2.24) is 10.3 Å². The first-order valence-corrected chi connectivity index (χ1v) is 11.0. The first-order valence-electron chi connectivity index (χ1n) is 8.78. The van der Waals surface area contributed by atoms with Gasteiger partial charge in [-0.3, -0.25) is 9.59 Å². The fourth-order valence-corrected chi connectivity index (χ4v) is 3.86. The lowest BCUT2D eigenvalue weighted by molar-refractivity contribution is -0.127. The Balaban J connectivity index is 1.59. The van der Waals surface area contributed by atoms with Crippen LogP contribution >= 0.6 is 23.1 Å². The predicted molar refractivity (Wildman–Crippen MR) is 115 cm³/mol. The summed E-state index contributed by atoms with van der Waals surface area (Å²) in [4.78, 5) is 29.4. The Morgan fingerprint density at radius 3 is 2.64 bits per heavy atom. The number of anilines is 1. The van der Waals surface area contributed by atoms with Gasteiger partial charge in [0.25, 0.3) is 5.91 Å². The van der Waals surface area contributed by atoms with Crippen molar-refractivity contribution >= 4 is 50.3 Å². The number of amides is 2. The summed E-state index contributed by atoms with van der Waals surface area (Å²) in [5, 5.41) is 6.11. The number of thiazole rings is 1. The Morgan fingerprint density at radius 2 is 1.89 bits per heavy atom. The molecule has 2 aromatic carbocycles. The summed E-state index contributed by atoms with van der Waals surface area (Å²) in [6.07, 6.45) is 2.48. The van der Waals surface area contributed by atoms with Crippen molar-refractivity contribution in [2.45, 2.75) is 12.5 Å². The van der Waals surface area contributed by atoms with Crippen molar-refractivity contribution in [3.8, 4) is 5.75 Å². The molecule has 0 fully saturated rings. The molecule has 0 aliphatic rings. The van der Waals surface area contributed by atoms with E-state index in [1.54, 1.807) is 23.9 Å². The quantitative estimate of drug-likeness (QED) is 0.559. The summed E-state index contributed by atoms with van der Waals surface area (Å²) in [7, 11) is 0. The molecular formula is C20H21N3O3S2. The lowest BCUT2D eigenvalue weighted by Crippen LogP contribution is -2.45. The molecule has 2 amide bonds.